The van der Waals surface area contributed by atoms with E-state index in [0.29, 0.717) is 18.0 Å². The third-order valence-corrected chi connectivity index (χ3v) is 2.44. The summed E-state index contributed by atoms with van der Waals surface area (Å²) in [6.07, 6.45) is 1.64. The highest BCUT2D eigenvalue weighted by Gasteiger charge is 2.14. The van der Waals surface area contributed by atoms with Gasteiger partial charge in [-0.1, -0.05) is 19.9 Å². The van der Waals surface area contributed by atoms with E-state index in [1.54, 1.807) is 23.8 Å². The molecule has 1 aromatic rings. The minimum absolute atomic E-state index is 0.0879. The number of aliphatic carboxylic acids is 1. The van der Waals surface area contributed by atoms with Crippen molar-refractivity contribution < 1.29 is 9.90 Å². The molecule has 0 aromatic carbocycles. The second kappa shape index (κ2) is 4.96. The van der Waals surface area contributed by atoms with Gasteiger partial charge in [0.05, 0.1) is 5.92 Å². The smallest absolute Gasteiger partial charge is 0.310 e. The van der Waals surface area contributed by atoms with Gasteiger partial charge in [0.2, 0.25) is 0 Å². The van der Waals surface area contributed by atoms with Gasteiger partial charge in [-0.3, -0.25) is 9.59 Å². The van der Waals surface area contributed by atoms with Crippen LogP contribution in [0.1, 0.15) is 32.3 Å². The van der Waals surface area contributed by atoms with Crippen LogP contribution in [0.5, 0.6) is 0 Å². The highest BCUT2D eigenvalue weighted by Crippen LogP contribution is 2.13. The lowest BCUT2D eigenvalue weighted by Crippen LogP contribution is -2.22. The van der Waals surface area contributed by atoms with E-state index in [0.717, 1.165) is 0 Å². The molecular formula is C12H17NO3. The maximum atomic E-state index is 11.5. The fourth-order valence-corrected chi connectivity index (χ4v) is 1.48. The first-order valence-corrected chi connectivity index (χ1v) is 5.35. The van der Waals surface area contributed by atoms with Crippen molar-refractivity contribution in [1.29, 1.82) is 0 Å². The number of aromatic nitrogens is 1. The summed E-state index contributed by atoms with van der Waals surface area (Å²) in [5.74, 6) is -1.11. The van der Waals surface area contributed by atoms with E-state index in [9.17, 15) is 9.59 Å². The van der Waals surface area contributed by atoms with Crippen molar-refractivity contribution in [3.8, 4) is 0 Å². The van der Waals surface area contributed by atoms with Gasteiger partial charge < -0.3 is 9.67 Å². The van der Waals surface area contributed by atoms with Gasteiger partial charge in [0, 0.05) is 18.8 Å². The van der Waals surface area contributed by atoms with Crippen LogP contribution >= 0.6 is 0 Å². The molecular weight excluding hydrogens is 206 g/mol. The highest BCUT2D eigenvalue weighted by molar-refractivity contribution is 5.75. The molecule has 0 spiro atoms. The summed E-state index contributed by atoms with van der Waals surface area (Å²) in [4.78, 5) is 22.3. The zero-order valence-corrected chi connectivity index (χ0v) is 9.80. The van der Waals surface area contributed by atoms with E-state index in [1.807, 2.05) is 13.8 Å². The fourth-order valence-electron chi connectivity index (χ4n) is 1.48. The monoisotopic (exact) mass is 223 g/mol. The lowest BCUT2D eigenvalue weighted by molar-refractivity contribution is -0.138. The zero-order valence-electron chi connectivity index (χ0n) is 9.80. The Morgan fingerprint density at radius 2 is 2.00 bits per heavy atom. The Hall–Kier alpha value is -1.58. The van der Waals surface area contributed by atoms with Gasteiger partial charge in [-0.15, -0.1) is 0 Å². The molecule has 1 atom stereocenters. The maximum Gasteiger partial charge on any atom is 0.310 e. The predicted molar refractivity (Wildman–Crippen MR) is 61.6 cm³/mol. The molecule has 0 bridgehead atoms. The summed E-state index contributed by atoms with van der Waals surface area (Å²) in [7, 11) is 0. The van der Waals surface area contributed by atoms with Gasteiger partial charge >= 0.3 is 5.97 Å². The normalized spacial score (nSPS) is 12.8. The van der Waals surface area contributed by atoms with Crippen molar-refractivity contribution in [3.63, 3.8) is 0 Å². The minimum Gasteiger partial charge on any atom is -0.481 e. The van der Waals surface area contributed by atoms with E-state index in [4.69, 9.17) is 5.11 Å². The van der Waals surface area contributed by atoms with Crippen LogP contribution in [0.4, 0.5) is 0 Å². The Balaban J connectivity index is 3.07. The Kier molecular flexibility index (Phi) is 3.88. The van der Waals surface area contributed by atoms with Crippen LogP contribution in [0.15, 0.2) is 23.1 Å². The van der Waals surface area contributed by atoms with Crippen molar-refractivity contribution in [2.45, 2.75) is 33.2 Å². The van der Waals surface area contributed by atoms with E-state index < -0.39 is 11.9 Å². The second-order valence-corrected chi connectivity index (χ2v) is 4.41. The molecule has 0 amide bonds. The topological polar surface area (TPSA) is 59.3 Å². The summed E-state index contributed by atoms with van der Waals surface area (Å²) in [6, 6.07) is 3.01. The molecule has 88 valence electrons. The van der Waals surface area contributed by atoms with Crippen LogP contribution in [0.2, 0.25) is 0 Å². The first kappa shape index (κ1) is 12.5. The van der Waals surface area contributed by atoms with Crippen LogP contribution < -0.4 is 5.56 Å². The summed E-state index contributed by atoms with van der Waals surface area (Å²) in [6.45, 7) is 6.25. The minimum atomic E-state index is -0.880. The number of rotatable bonds is 4. The van der Waals surface area contributed by atoms with Crippen LogP contribution in [-0.2, 0) is 11.3 Å². The van der Waals surface area contributed by atoms with Gasteiger partial charge in [-0.25, -0.2) is 0 Å². The average Bonchev–Trinajstić information content (AvgIpc) is 2.19. The molecule has 0 aliphatic heterocycles. The van der Waals surface area contributed by atoms with E-state index in [-0.39, 0.29) is 5.56 Å². The van der Waals surface area contributed by atoms with Gasteiger partial charge in [0.1, 0.15) is 0 Å². The Labute approximate surface area is 94.5 Å². The van der Waals surface area contributed by atoms with Crippen LogP contribution in [-0.4, -0.2) is 15.6 Å². The number of nitrogens with zero attached hydrogens (tertiary/aromatic N) is 1. The molecule has 0 saturated carbocycles. The molecule has 1 unspecified atom stereocenters. The van der Waals surface area contributed by atoms with Crippen molar-refractivity contribution in [2.24, 2.45) is 5.92 Å². The summed E-state index contributed by atoms with van der Waals surface area (Å²) >= 11 is 0. The largest absolute Gasteiger partial charge is 0.481 e. The van der Waals surface area contributed by atoms with Crippen molar-refractivity contribution in [2.75, 3.05) is 0 Å². The Morgan fingerprint density at radius 1 is 1.38 bits per heavy atom. The first-order chi connectivity index (χ1) is 7.41. The molecule has 0 aliphatic rings. The summed E-state index contributed by atoms with van der Waals surface area (Å²) in [5.41, 5.74) is 0.572. The van der Waals surface area contributed by atoms with Gasteiger partial charge in [0.25, 0.3) is 5.56 Å². The number of carboxylic acids is 1. The molecule has 4 heteroatoms. The molecule has 16 heavy (non-hydrogen) atoms. The van der Waals surface area contributed by atoms with Crippen molar-refractivity contribution in [3.05, 3.63) is 34.2 Å². The predicted octanol–water partition coefficient (Wildman–Crippen LogP) is 1.69. The number of carboxylic acid groups (broad SMARTS) is 1. The standard InChI is InChI=1S/C12H17NO3/c1-8(2)6-13-7-10(4-5-11(13)14)9(3)12(15)16/h4-5,7-9H,6H2,1-3H3,(H,15,16). The quantitative estimate of drug-likeness (QED) is 0.845. The number of pyridine rings is 1. The summed E-state index contributed by atoms with van der Waals surface area (Å²) in [5, 5.41) is 8.89. The van der Waals surface area contributed by atoms with Gasteiger partial charge in [0.15, 0.2) is 0 Å². The van der Waals surface area contributed by atoms with E-state index in [1.165, 1.54) is 6.07 Å². The first-order valence-electron chi connectivity index (χ1n) is 5.35. The van der Waals surface area contributed by atoms with E-state index >= 15 is 0 Å². The Bertz CT molecular complexity index is 434. The molecule has 1 heterocycles. The molecule has 0 saturated heterocycles. The fraction of sp³-hybridized carbons (Fsp3) is 0.500. The lowest BCUT2D eigenvalue weighted by atomic mass is 10.0. The lowest BCUT2D eigenvalue weighted by Gasteiger charge is -2.12. The summed E-state index contributed by atoms with van der Waals surface area (Å²) < 4.78 is 1.57. The highest BCUT2D eigenvalue weighted by atomic mass is 16.4. The maximum absolute atomic E-state index is 11.5. The van der Waals surface area contributed by atoms with Crippen LogP contribution in [0, 0.1) is 5.92 Å². The third kappa shape index (κ3) is 2.95. The molecule has 1 aromatic heterocycles. The molecule has 0 fully saturated rings. The molecule has 1 N–H and O–H groups in total. The molecule has 0 radical (unpaired) electrons. The van der Waals surface area contributed by atoms with Crippen molar-refractivity contribution in [1.82, 2.24) is 4.57 Å². The zero-order chi connectivity index (χ0) is 12.3. The van der Waals surface area contributed by atoms with Gasteiger partial charge in [-0.05, 0) is 18.4 Å². The Morgan fingerprint density at radius 3 is 2.50 bits per heavy atom. The van der Waals surface area contributed by atoms with E-state index in [2.05, 4.69) is 0 Å². The van der Waals surface area contributed by atoms with Gasteiger partial charge in [-0.2, -0.15) is 0 Å². The second-order valence-electron chi connectivity index (χ2n) is 4.41. The SMILES string of the molecule is CC(C)Cn1cc(C(C)C(=O)O)ccc1=O. The number of hydrogen-bond donors (Lipinski definition) is 1. The number of carbonyl (C=O) groups is 1. The number of hydrogen-bond acceptors (Lipinski definition) is 2. The molecule has 0 aliphatic carbocycles. The third-order valence-electron chi connectivity index (χ3n) is 2.44. The average molecular weight is 223 g/mol. The van der Waals surface area contributed by atoms with Crippen LogP contribution in [0.25, 0.3) is 0 Å². The molecule has 4 nitrogen and oxygen atoms in total. The van der Waals surface area contributed by atoms with Crippen LogP contribution in [0.3, 0.4) is 0 Å². The van der Waals surface area contributed by atoms with Crippen molar-refractivity contribution >= 4 is 5.97 Å². The molecule has 1 rings (SSSR count).